The van der Waals surface area contributed by atoms with Crippen LogP contribution < -0.4 is 4.90 Å². The topological polar surface area (TPSA) is 16.4 Å². The third kappa shape index (κ3) is 5.53. The molecule has 0 aliphatic carbocycles. The molecule has 0 fully saturated rings. The van der Waals surface area contributed by atoms with E-state index in [0.29, 0.717) is 0 Å². The molecule has 9 aromatic rings. The highest BCUT2D eigenvalue weighted by Gasteiger charge is 2.19. The van der Waals surface area contributed by atoms with Crippen LogP contribution in [-0.2, 0) is 0 Å². The van der Waals surface area contributed by atoms with E-state index in [1.807, 2.05) is 12.1 Å². The molecule has 0 aliphatic heterocycles. The Morgan fingerprint density at radius 1 is 0.300 bits per heavy atom. The molecule has 236 valence electrons. The third-order valence-corrected chi connectivity index (χ3v) is 9.49. The summed E-state index contributed by atoms with van der Waals surface area (Å²) in [6, 6.07) is 71.0. The van der Waals surface area contributed by atoms with Crippen LogP contribution in [0.4, 0.5) is 17.1 Å². The minimum Gasteiger partial charge on any atom is -0.455 e. The summed E-state index contributed by atoms with van der Waals surface area (Å²) >= 11 is 0. The third-order valence-electron chi connectivity index (χ3n) is 9.49. The van der Waals surface area contributed by atoms with Gasteiger partial charge in [0.2, 0.25) is 0 Å². The number of para-hydroxylation sites is 2. The van der Waals surface area contributed by atoms with Crippen LogP contribution in [0.25, 0.3) is 66.4 Å². The number of fused-ring (bicyclic) bond motifs is 3. The summed E-state index contributed by atoms with van der Waals surface area (Å²) in [5.41, 5.74) is 14.5. The van der Waals surface area contributed by atoms with Gasteiger partial charge in [-0.25, -0.2) is 0 Å². The van der Waals surface area contributed by atoms with Gasteiger partial charge in [0.05, 0.1) is 0 Å². The average Bonchev–Trinajstić information content (AvgIpc) is 3.58. The van der Waals surface area contributed by atoms with Gasteiger partial charge < -0.3 is 9.32 Å². The fourth-order valence-corrected chi connectivity index (χ4v) is 6.94. The first-order chi connectivity index (χ1) is 24.8. The molecule has 0 saturated carbocycles. The van der Waals surface area contributed by atoms with Crippen molar-refractivity contribution >= 4 is 39.0 Å². The van der Waals surface area contributed by atoms with Crippen LogP contribution in [-0.4, -0.2) is 0 Å². The Bertz CT molecular complexity index is 2530. The zero-order chi connectivity index (χ0) is 33.3. The monoisotopic (exact) mass is 639 g/mol. The molecule has 50 heavy (non-hydrogen) atoms. The Hall–Kier alpha value is -6.64. The minimum absolute atomic E-state index is 0.891. The van der Waals surface area contributed by atoms with E-state index >= 15 is 0 Å². The second kappa shape index (κ2) is 12.8. The highest BCUT2D eigenvalue weighted by atomic mass is 16.3. The molecule has 1 heterocycles. The van der Waals surface area contributed by atoms with Gasteiger partial charge in [-0.15, -0.1) is 0 Å². The molecule has 0 N–H and O–H groups in total. The summed E-state index contributed by atoms with van der Waals surface area (Å²) in [6.45, 7) is 0. The van der Waals surface area contributed by atoms with E-state index in [-0.39, 0.29) is 0 Å². The minimum atomic E-state index is 0.891. The molecule has 0 saturated heterocycles. The van der Waals surface area contributed by atoms with Crippen molar-refractivity contribution in [2.75, 3.05) is 4.90 Å². The summed E-state index contributed by atoms with van der Waals surface area (Å²) in [5, 5.41) is 2.21. The largest absolute Gasteiger partial charge is 0.455 e. The maximum absolute atomic E-state index is 6.49. The lowest BCUT2D eigenvalue weighted by Gasteiger charge is -2.26. The molecule has 9 rings (SSSR count). The van der Waals surface area contributed by atoms with Crippen molar-refractivity contribution in [3.05, 3.63) is 200 Å². The first-order valence-electron chi connectivity index (χ1n) is 17.0. The molecule has 0 spiro atoms. The Kier molecular flexibility index (Phi) is 7.53. The lowest BCUT2D eigenvalue weighted by atomic mass is 9.98. The van der Waals surface area contributed by atoms with Crippen LogP contribution in [0.1, 0.15) is 0 Å². The molecule has 0 bridgehead atoms. The standard InChI is InChI=1S/C48H33NO/c1-4-12-34(13-5-1)35-20-22-36(23-21-35)37-24-26-38(27-25-37)39-28-30-42(31-29-39)49(41-16-8-3-9-17-41)43-32-45(40-14-6-2-7-15-40)48-46(33-43)44-18-10-11-19-47(44)50-48/h1-33H. The van der Waals surface area contributed by atoms with Crippen LogP contribution in [0.2, 0.25) is 0 Å². The predicted molar refractivity (Wildman–Crippen MR) is 210 cm³/mol. The van der Waals surface area contributed by atoms with Crippen LogP contribution >= 0.6 is 0 Å². The van der Waals surface area contributed by atoms with E-state index in [0.717, 1.165) is 50.1 Å². The van der Waals surface area contributed by atoms with E-state index in [1.165, 1.54) is 33.4 Å². The molecule has 0 atom stereocenters. The van der Waals surface area contributed by atoms with Crippen molar-refractivity contribution in [2.45, 2.75) is 0 Å². The number of hydrogen-bond acceptors (Lipinski definition) is 2. The van der Waals surface area contributed by atoms with E-state index in [1.54, 1.807) is 0 Å². The fourth-order valence-electron chi connectivity index (χ4n) is 6.94. The second-order valence-electron chi connectivity index (χ2n) is 12.6. The van der Waals surface area contributed by atoms with Gasteiger partial charge in [-0.1, -0.05) is 158 Å². The second-order valence-corrected chi connectivity index (χ2v) is 12.6. The molecule has 0 unspecified atom stereocenters. The SMILES string of the molecule is c1ccc(-c2ccc(-c3ccc(-c4ccc(N(c5ccccc5)c5cc(-c6ccccc6)c6oc7ccccc7c6c5)cc4)cc3)cc2)cc1. The van der Waals surface area contributed by atoms with Crippen molar-refractivity contribution in [3.8, 4) is 44.5 Å². The highest BCUT2D eigenvalue weighted by molar-refractivity contribution is 6.11. The van der Waals surface area contributed by atoms with Gasteiger partial charge >= 0.3 is 0 Å². The van der Waals surface area contributed by atoms with Crippen molar-refractivity contribution in [1.82, 2.24) is 0 Å². The zero-order valence-electron chi connectivity index (χ0n) is 27.4. The van der Waals surface area contributed by atoms with Crippen LogP contribution in [0, 0.1) is 0 Å². The van der Waals surface area contributed by atoms with E-state index < -0.39 is 0 Å². The number of furan rings is 1. The van der Waals surface area contributed by atoms with Crippen LogP contribution in [0.15, 0.2) is 205 Å². The molecule has 8 aromatic carbocycles. The predicted octanol–water partition coefficient (Wildman–Crippen LogP) is 13.7. The number of nitrogens with zero attached hydrogens (tertiary/aromatic N) is 1. The first kappa shape index (κ1) is 29.5. The maximum atomic E-state index is 6.49. The van der Waals surface area contributed by atoms with Crippen LogP contribution in [0.3, 0.4) is 0 Å². The molecule has 1 aromatic heterocycles. The summed E-state index contributed by atoms with van der Waals surface area (Å²) in [6.07, 6.45) is 0. The Labute approximate surface area is 292 Å². The van der Waals surface area contributed by atoms with Gasteiger partial charge in [0, 0.05) is 33.4 Å². The van der Waals surface area contributed by atoms with Gasteiger partial charge in [0.25, 0.3) is 0 Å². The van der Waals surface area contributed by atoms with Gasteiger partial charge in [-0.05, 0) is 81.4 Å². The smallest absolute Gasteiger partial charge is 0.143 e. The van der Waals surface area contributed by atoms with E-state index in [9.17, 15) is 0 Å². The fraction of sp³-hybridized carbons (Fsp3) is 0. The highest BCUT2D eigenvalue weighted by Crippen LogP contribution is 2.43. The van der Waals surface area contributed by atoms with E-state index in [2.05, 4.69) is 193 Å². The zero-order valence-corrected chi connectivity index (χ0v) is 27.4. The number of benzene rings is 8. The quantitative estimate of drug-likeness (QED) is 0.173. The summed E-state index contributed by atoms with van der Waals surface area (Å²) in [4.78, 5) is 2.33. The molecule has 2 nitrogen and oxygen atoms in total. The molecule has 0 aliphatic rings. The molecule has 2 heteroatoms. The molecular formula is C48H33NO. The van der Waals surface area contributed by atoms with Crippen molar-refractivity contribution in [3.63, 3.8) is 0 Å². The Morgan fingerprint density at radius 3 is 1.28 bits per heavy atom. The van der Waals surface area contributed by atoms with Crippen molar-refractivity contribution < 1.29 is 4.42 Å². The van der Waals surface area contributed by atoms with Gasteiger partial charge in [0.15, 0.2) is 0 Å². The van der Waals surface area contributed by atoms with E-state index in [4.69, 9.17) is 4.42 Å². The van der Waals surface area contributed by atoms with Gasteiger partial charge in [-0.3, -0.25) is 0 Å². The summed E-state index contributed by atoms with van der Waals surface area (Å²) in [7, 11) is 0. The molecular weight excluding hydrogens is 607 g/mol. The van der Waals surface area contributed by atoms with Crippen molar-refractivity contribution in [2.24, 2.45) is 0 Å². The summed E-state index contributed by atoms with van der Waals surface area (Å²) in [5.74, 6) is 0. The molecule has 0 radical (unpaired) electrons. The normalized spacial score (nSPS) is 11.2. The van der Waals surface area contributed by atoms with Crippen LogP contribution in [0.5, 0.6) is 0 Å². The first-order valence-corrected chi connectivity index (χ1v) is 17.0. The number of anilines is 3. The lowest BCUT2D eigenvalue weighted by Crippen LogP contribution is -2.10. The molecule has 0 amide bonds. The van der Waals surface area contributed by atoms with Gasteiger partial charge in [-0.2, -0.15) is 0 Å². The number of hydrogen-bond donors (Lipinski definition) is 0. The summed E-state index contributed by atoms with van der Waals surface area (Å²) < 4.78 is 6.49. The van der Waals surface area contributed by atoms with Crippen molar-refractivity contribution in [1.29, 1.82) is 0 Å². The lowest BCUT2D eigenvalue weighted by molar-refractivity contribution is 0.670. The maximum Gasteiger partial charge on any atom is 0.143 e. The Balaban J connectivity index is 1.08. The average molecular weight is 640 g/mol. The number of rotatable bonds is 7. The Morgan fingerprint density at radius 2 is 0.720 bits per heavy atom. The van der Waals surface area contributed by atoms with Gasteiger partial charge in [0.1, 0.15) is 11.2 Å².